The van der Waals surface area contributed by atoms with Crippen molar-refractivity contribution in [2.24, 2.45) is 0 Å². The Labute approximate surface area is 232 Å². The van der Waals surface area contributed by atoms with Gasteiger partial charge < -0.3 is 15.1 Å². The van der Waals surface area contributed by atoms with E-state index in [9.17, 15) is 14.4 Å². The van der Waals surface area contributed by atoms with Crippen molar-refractivity contribution >= 4 is 39.1 Å². The summed E-state index contributed by atoms with van der Waals surface area (Å²) in [6.07, 6.45) is 4.84. The third-order valence-corrected chi connectivity index (χ3v) is 9.72. The molecule has 200 valence electrons. The maximum Gasteiger partial charge on any atom is 0.262 e. The fourth-order valence-electron chi connectivity index (χ4n) is 6.50. The first kappa shape index (κ1) is 25.6. The third kappa shape index (κ3) is 4.80. The average molecular weight is 541 g/mol. The van der Waals surface area contributed by atoms with Gasteiger partial charge in [-0.3, -0.25) is 14.4 Å². The molecule has 3 atom stereocenters. The quantitative estimate of drug-likeness (QED) is 0.517. The molecule has 0 bridgehead atoms. The molecule has 0 unspecified atom stereocenters. The molecule has 3 aliphatic heterocycles. The van der Waals surface area contributed by atoms with Crippen LogP contribution in [0.4, 0.5) is 0 Å². The van der Waals surface area contributed by atoms with E-state index in [4.69, 9.17) is 5.26 Å². The van der Waals surface area contributed by atoms with Gasteiger partial charge in [-0.25, -0.2) is 0 Å². The van der Waals surface area contributed by atoms with Gasteiger partial charge in [0.25, 0.3) is 5.91 Å². The fourth-order valence-corrected chi connectivity index (χ4v) is 7.47. The molecule has 1 N–H and O–H groups in total. The number of hydrogen-bond donors (Lipinski definition) is 1. The van der Waals surface area contributed by atoms with E-state index in [1.165, 1.54) is 16.9 Å². The van der Waals surface area contributed by atoms with Gasteiger partial charge in [0.1, 0.15) is 12.1 Å². The van der Waals surface area contributed by atoms with Crippen LogP contribution in [0.5, 0.6) is 0 Å². The number of hydrogen-bond acceptors (Lipinski definition) is 5. The van der Waals surface area contributed by atoms with E-state index in [-0.39, 0.29) is 29.7 Å². The van der Waals surface area contributed by atoms with E-state index in [1.54, 1.807) is 0 Å². The van der Waals surface area contributed by atoms with Gasteiger partial charge in [0.05, 0.1) is 16.5 Å². The van der Waals surface area contributed by atoms with Gasteiger partial charge in [0.15, 0.2) is 0 Å². The molecule has 3 fully saturated rings. The number of carbonyl (C=O) groups excluding carboxylic acids is 3. The lowest BCUT2D eigenvalue weighted by Gasteiger charge is -2.43. The number of aryl methyl sites for hydroxylation is 1. The van der Waals surface area contributed by atoms with E-state index in [0.717, 1.165) is 41.3 Å². The maximum atomic E-state index is 13.9. The van der Waals surface area contributed by atoms with Crippen LogP contribution in [0.15, 0.2) is 48.5 Å². The highest BCUT2D eigenvalue weighted by Gasteiger charge is 2.47. The minimum atomic E-state index is -0.621. The number of carbonyl (C=O) groups is 3. The summed E-state index contributed by atoms with van der Waals surface area (Å²) in [5.41, 5.74) is 2.89. The predicted molar refractivity (Wildman–Crippen MR) is 150 cm³/mol. The molecule has 3 saturated heterocycles. The van der Waals surface area contributed by atoms with Crippen molar-refractivity contribution in [2.45, 2.75) is 69.5 Å². The summed E-state index contributed by atoms with van der Waals surface area (Å²) < 4.78 is 1.04. The largest absolute Gasteiger partial charge is 0.340 e. The smallest absolute Gasteiger partial charge is 0.262 e. The average Bonchev–Trinajstić information content (AvgIpc) is 3.53. The Balaban J connectivity index is 1.15. The lowest BCUT2D eigenvalue weighted by atomic mass is 9.87. The molecule has 7 nitrogen and oxygen atoms in total. The number of benzene rings is 2. The summed E-state index contributed by atoms with van der Waals surface area (Å²) in [6, 6.07) is 16.6. The number of fused-ring (bicyclic) bond motifs is 2. The van der Waals surface area contributed by atoms with Gasteiger partial charge in [-0.1, -0.05) is 37.1 Å². The van der Waals surface area contributed by atoms with Crippen LogP contribution in [0.2, 0.25) is 0 Å². The van der Waals surface area contributed by atoms with Gasteiger partial charge in [-0.05, 0) is 73.4 Å². The molecule has 8 heteroatoms. The van der Waals surface area contributed by atoms with Crippen LogP contribution in [-0.4, -0.2) is 58.7 Å². The highest BCUT2D eigenvalue weighted by molar-refractivity contribution is 7.20. The molecule has 3 aliphatic rings. The minimum Gasteiger partial charge on any atom is -0.340 e. The first-order valence-corrected chi connectivity index (χ1v) is 14.7. The number of nitrogens with zero attached hydrogens (tertiary/aromatic N) is 3. The Kier molecular flexibility index (Phi) is 6.86. The molecule has 4 heterocycles. The molecule has 2 aromatic carbocycles. The van der Waals surface area contributed by atoms with Crippen molar-refractivity contribution in [3.05, 3.63) is 70.1 Å². The second-order valence-electron chi connectivity index (χ2n) is 11.1. The third-order valence-electron chi connectivity index (χ3n) is 8.61. The Morgan fingerprint density at radius 2 is 1.82 bits per heavy atom. The summed E-state index contributed by atoms with van der Waals surface area (Å²) in [6.45, 7) is 3.26. The number of rotatable bonds is 4. The van der Waals surface area contributed by atoms with Gasteiger partial charge in [-0.15, -0.1) is 11.3 Å². The summed E-state index contributed by atoms with van der Waals surface area (Å²) in [7, 11) is 0. The molecular weight excluding hydrogens is 508 g/mol. The zero-order valence-corrected chi connectivity index (χ0v) is 22.9. The number of nitriles is 1. The van der Waals surface area contributed by atoms with Crippen LogP contribution in [0.3, 0.4) is 0 Å². The predicted octanol–water partition coefficient (Wildman–Crippen LogP) is 4.74. The van der Waals surface area contributed by atoms with Crippen molar-refractivity contribution in [1.82, 2.24) is 15.1 Å². The number of likely N-dealkylation sites (tertiary alicyclic amines) is 1. The molecule has 0 spiro atoms. The molecule has 39 heavy (non-hydrogen) atoms. The zero-order chi connectivity index (χ0) is 27.1. The monoisotopic (exact) mass is 540 g/mol. The van der Waals surface area contributed by atoms with Crippen molar-refractivity contribution in [3.8, 4) is 6.07 Å². The van der Waals surface area contributed by atoms with Crippen LogP contribution in [0.25, 0.3) is 10.1 Å². The van der Waals surface area contributed by atoms with Gasteiger partial charge >= 0.3 is 0 Å². The molecule has 6 rings (SSSR count). The Hall–Kier alpha value is -3.70. The highest BCUT2D eigenvalue weighted by Crippen LogP contribution is 2.36. The molecule has 1 aromatic heterocycles. The van der Waals surface area contributed by atoms with Crippen molar-refractivity contribution in [3.63, 3.8) is 0 Å². The molecular formula is C31H32N4O3S. The highest BCUT2D eigenvalue weighted by atomic mass is 32.1. The Morgan fingerprint density at radius 3 is 2.59 bits per heavy atom. The van der Waals surface area contributed by atoms with Crippen LogP contribution in [0.1, 0.15) is 70.8 Å². The molecule has 0 radical (unpaired) electrons. The summed E-state index contributed by atoms with van der Waals surface area (Å²) in [5, 5.41) is 13.2. The van der Waals surface area contributed by atoms with Gasteiger partial charge in [0.2, 0.25) is 11.8 Å². The van der Waals surface area contributed by atoms with Crippen molar-refractivity contribution in [1.29, 1.82) is 5.26 Å². The van der Waals surface area contributed by atoms with Crippen LogP contribution < -0.4 is 5.32 Å². The van der Waals surface area contributed by atoms with E-state index in [0.29, 0.717) is 36.4 Å². The Bertz CT molecular complexity index is 1450. The van der Waals surface area contributed by atoms with E-state index in [1.807, 2.05) is 65.3 Å². The van der Waals surface area contributed by atoms with Gasteiger partial charge in [0, 0.05) is 29.7 Å². The summed E-state index contributed by atoms with van der Waals surface area (Å²) in [4.78, 5) is 45.0. The summed E-state index contributed by atoms with van der Waals surface area (Å²) >= 11 is 1.43. The normalized spacial score (nSPS) is 23.5. The lowest BCUT2D eigenvalue weighted by molar-refractivity contribution is -0.149. The van der Waals surface area contributed by atoms with Crippen LogP contribution in [0, 0.1) is 18.3 Å². The second-order valence-corrected chi connectivity index (χ2v) is 12.2. The lowest BCUT2D eigenvalue weighted by Crippen LogP contribution is -2.59. The minimum absolute atomic E-state index is 0.0172. The molecule has 3 amide bonds. The van der Waals surface area contributed by atoms with Crippen LogP contribution >= 0.6 is 11.3 Å². The fraction of sp³-hybridized carbons (Fsp3) is 0.419. The zero-order valence-electron chi connectivity index (χ0n) is 22.1. The van der Waals surface area contributed by atoms with E-state index < -0.39 is 12.1 Å². The number of amides is 3. The number of nitrogens with one attached hydrogen (secondary N) is 1. The molecule has 0 saturated carbocycles. The van der Waals surface area contributed by atoms with E-state index in [2.05, 4.69) is 11.4 Å². The first-order valence-electron chi connectivity index (χ1n) is 13.8. The molecule has 0 aliphatic carbocycles. The standard InChI is InChI=1S/C31H32N4O3S/c1-19-14-20(16-32)10-12-24(19)22-17-34(18-22)31(38)26-13-11-23-7-3-4-8-25(30(37)35(23)26)33-29(36)28-15-21-6-2-5-9-27(21)39-28/h2,5-6,9-10,12,14-15,22-23,25-26H,3-4,7-8,11,13,17-18H2,1H3,(H,33,36)/t23-,25-,26-/m0/s1. The number of thiophene rings is 1. The van der Waals surface area contributed by atoms with Crippen molar-refractivity contribution in [2.75, 3.05) is 13.1 Å². The van der Waals surface area contributed by atoms with Gasteiger partial charge in [-0.2, -0.15) is 5.26 Å². The maximum absolute atomic E-state index is 13.9. The molecule has 3 aromatic rings. The van der Waals surface area contributed by atoms with Crippen LogP contribution in [-0.2, 0) is 9.59 Å². The SMILES string of the molecule is Cc1cc(C#N)ccc1C1CN(C(=O)[C@@H]2CC[C@@H]3CCCC[C@H](NC(=O)c4cc5ccccc5s4)C(=O)N32)C1. The topological polar surface area (TPSA) is 93.5 Å². The van der Waals surface area contributed by atoms with Crippen molar-refractivity contribution < 1.29 is 14.4 Å². The van der Waals surface area contributed by atoms with E-state index >= 15 is 0 Å². The Morgan fingerprint density at radius 1 is 1.03 bits per heavy atom. The first-order chi connectivity index (χ1) is 18.9. The second kappa shape index (κ2) is 10.5. The summed E-state index contributed by atoms with van der Waals surface area (Å²) in [5.74, 6) is -0.0824.